The fraction of sp³-hybridized carbons (Fsp3) is 0.318. The topological polar surface area (TPSA) is 24.1 Å². The largest absolute Gasteiger partial charge is 0.362 e. The van der Waals surface area contributed by atoms with Gasteiger partial charge in [0.15, 0.2) is 5.11 Å². The number of hydrogen-bond donors (Lipinski definition) is 2. The van der Waals surface area contributed by atoms with Crippen molar-refractivity contribution in [2.75, 3.05) is 13.1 Å². The number of rotatable bonds is 4. The second kappa shape index (κ2) is 6.64. The maximum absolute atomic E-state index is 5.42. The van der Waals surface area contributed by atoms with Crippen LogP contribution in [0.15, 0.2) is 60.7 Å². The molecule has 0 saturated heterocycles. The van der Waals surface area contributed by atoms with Gasteiger partial charge < -0.3 is 10.6 Å². The Labute approximate surface area is 155 Å². The summed E-state index contributed by atoms with van der Waals surface area (Å²) < 4.78 is 0. The van der Waals surface area contributed by atoms with Crippen LogP contribution in [0.5, 0.6) is 0 Å². The Morgan fingerprint density at radius 2 is 1.56 bits per heavy atom. The average molecular weight is 349 g/mol. The van der Waals surface area contributed by atoms with E-state index in [2.05, 4.69) is 65.7 Å². The molecule has 1 atom stereocenters. The van der Waals surface area contributed by atoms with E-state index in [1.54, 1.807) is 0 Å². The Balaban J connectivity index is 1.56. The van der Waals surface area contributed by atoms with Gasteiger partial charge in [-0.15, -0.1) is 0 Å². The van der Waals surface area contributed by atoms with Gasteiger partial charge in [0.1, 0.15) is 0 Å². The molecule has 2 aromatic carbocycles. The lowest BCUT2D eigenvalue weighted by Gasteiger charge is -2.45. The molecule has 0 saturated carbocycles. The molecule has 25 heavy (non-hydrogen) atoms. The molecule has 5 rings (SSSR count). The highest BCUT2D eigenvalue weighted by molar-refractivity contribution is 7.80. The third-order valence-electron chi connectivity index (χ3n) is 5.50. The highest BCUT2D eigenvalue weighted by Gasteiger charge is 2.42. The average Bonchev–Trinajstić information content (AvgIpc) is 2.65. The van der Waals surface area contributed by atoms with E-state index in [1.807, 2.05) is 6.92 Å². The standard InChI is InChI=1S/C22H24N2S/c1-14(2)12-23-22(25)24-13-15-11-20-16-7-3-5-9-18(16)21(15)19-10-6-4-8-17(19)20/h3-10,15,20-21H,1,11-13H2,2H3,(H2,23,24,25)/t15-,20?,21?/m0/s1. The van der Waals surface area contributed by atoms with Crippen LogP contribution in [-0.2, 0) is 0 Å². The molecule has 0 radical (unpaired) electrons. The Bertz CT molecular complexity index is 779. The first kappa shape index (κ1) is 16.3. The normalized spacial score (nSPS) is 22.7. The summed E-state index contributed by atoms with van der Waals surface area (Å²) in [5.74, 6) is 1.55. The number of nitrogens with one attached hydrogen (secondary N) is 2. The van der Waals surface area contributed by atoms with Gasteiger partial charge in [0.05, 0.1) is 0 Å². The number of thiocarbonyl (C=S) groups is 1. The van der Waals surface area contributed by atoms with Crippen molar-refractivity contribution in [1.29, 1.82) is 0 Å². The van der Waals surface area contributed by atoms with Gasteiger partial charge in [0, 0.05) is 24.9 Å². The van der Waals surface area contributed by atoms with Crippen LogP contribution in [0.3, 0.4) is 0 Å². The van der Waals surface area contributed by atoms with Crippen molar-refractivity contribution in [2.45, 2.75) is 25.2 Å². The summed E-state index contributed by atoms with van der Waals surface area (Å²) in [5, 5.41) is 7.39. The minimum atomic E-state index is 0.467. The van der Waals surface area contributed by atoms with Crippen LogP contribution in [-0.4, -0.2) is 18.2 Å². The van der Waals surface area contributed by atoms with Gasteiger partial charge in [-0.2, -0.15) is 0 Å². The predicted molar refractivity (Wildman–Crippen MR) is 108 cm³/mol. The lowest BCUT2D eigenvalue weighted by molar-refractivity contribution is 0.354. The van der Waals surface area contributed by atoms with Gasteiger partial charge in [0.2, 0.25) is 0 Å². The van der Waals surface area contributed by atoms with Gasteiger partial charge in [-0.05, 0) is 53.7 Å². The molecule has 3 aliphatic rings. The molecule has 3 aliphatic carbocycles. The molecular weight excluding hydrogens is 324 g/mol. The second-order valence-electron chi connectivity index (χ2n) is 7.30. The molecule has 0 heterocycles. The van der Waals surface area contributed by atoms with Crippen molar-refractivity contribution in [3.05, 3.63) is 82.9 Å². The molecule has 0 aliphatic heterocycles. The van der Waals surface area contributed by atoms with Gasteiger partial charge in [-0.3, -0.25) is 0 Å². The SMILES string of the molecule is C=C(C)CNC(=S)NC[C@@H]1CC2c3ccccc3C1c1ccccc12. The first-order chi connectivity index (χ1) is 12.1. The van der Waals surface area contributed by atoms with Crippen LogP contribution in [0.4, 0.5) is 0 Å². The fourth-order valence-electron chi connectivity index (χ4n) is 4.48. The summed E-state index contributed by atoms with van der Waals surface area (Å²) in [6.07, 6.45) is 1.19. The third kappa shape index (κ3) is 2.98. The second-order valence-corrected chi connectivity index (χ2v) is 7.71. The summed E-state index contributed by atoms with van der Waals surface area (Å²) in [5.41, 5.74) is 7.13. The maximum Gasteiger partial charge on any atom is 0.166 e. The van der Waals surface area contributed by atoms with E-state index in [-0.39, 0.29) is 0 Å². The quantitative estimate of drug-likeness (QED) is 0.635. The zero-order chi connectivity index (χ0) is 17.4. The third-order valence-corrected chi connectivity index (χ3v) is 5.79. The van der Waals surface area contributed by atoms with E-state index in [0.29, 0.717) is 17.8 Å². The van der Waals surface area contributed by atoms with Crippen LogP contribution >= 0.6 is 12.2 Å². The lowest BCUT2D eigenvalue weighted by atomic mass is 9.59. The monoisotopic (exact) mass is 348 g/mol. The molecule has 0 amide bonds. The molecule has 2 aromatic rings. The van der Waals surface area contributed by atoms with E-state index in [1.165, 1.54) is 28.7 Å². The Morgan fingerprint density at radius 1 is 1.00 bits per heavy atom. The van der Waals surface area contributed by atoms with Crippen LogP contribution in [0.2, 0.25) is 0 Å². The van der Waals surface area contributed by atoms with E-state index in [9.17, 15) is 0 Å². The lowest BCUT2D eigenvalue weighted by Crippen LogP contribution is -2.43. The van der Waals surface area contributed by atoms with Crippen molar-refractivity contribution in [2.24, 2.45) is 5.92 Å². The minimum Gasteiger partial charge on any atom is -0.362 e. The molecule has 0 fully saturated rings. The maximum atomic E-state index is 5.42. The van der Waals surface area contributed by atoms with Crippen LogP contribution in [0.25, 0.3) is 0 Å². The number of fused-ring (bicyclic) bond motifs is 1. The summed E-state index contributed by atoms with van der Waals surface area (Å²) in [7, 11) is 0. The summed E-state index contributed by atoms with van der Waals surface area (Å²) in [6.45, 7) is 7.55. The Hall–Kier alpha value is -2.13. The molecule has 2 bridgehead atoms. The zero-order valence-electron chi connectivity index (χ0n) is 14.6. The summed E-state index contributed by atoms with van der Waals surface area (Å²) in [6, 6.07) is 17.9. The Kier molecular flexibility index (Phi) is 4.34. The number of benzene rings is 2. The van der Waals surface area contributed by atoms with Crippen LogP contribution in [0.1, 0.15) is 47.4 Å². The van der Waals surface area contributed by atoms with E-state index < -0.39 is 0 Å². The van der Waals surface area contributed by atoms with Crippen molar-refractivity contribution >= 4 is 17.3 Å². The highest BCUT2D eigenvalue weighted by atomic mass is 32.1. The van der Waals surface area contributed by atoms with Gasteiger partial charge in [-0.1, -0.05) is 60.7 Å². The number of hydrogen-bond acceptors (Lipinski definition) is 1. The molecule has 2 nitrogen and oxygen atoms in total. The molecule has 0 spiro atoms. The zero-order valence-corrected chi connectivity index (χ0v) is 15.4. The fourth-order valence-corrected chi connectivity index (χ4v) is 4.63. The molecular formula is C22H24N2S. The smallest absolute Gasteiger partial charge is 0.166 e. The summed E-state index contributed by atoms with van der Waals surface area (Å²) in [4.78, 5) is 0. The predicted octanol–water partition coefficient (Wildman–Crippen LogP) is 4.32. The van der Waals surface area contributed by atoms with E-state index >= 15 is 0 Å². The van der Waals surface area contributed by atoms with E-state index in [4.69, 9.17) is 12.2 Å². The van der Waals surface area contributed by atoms with Gasteiger partial charge in [-0.25, -0.2) is 0 Å². The van der Waals surface area contributed by atoms with Crippen molar-refractivity contribution in [3.8, 4) is 0 Å². The van der Waals surface area contributed by atoms with Crippen molar-refractivity contribution in [1.82, 2.24) is 10.6 Å². The minimum absolute atomic E-state index is 0.467. The van der Waals surface area contributed by atoms with Crippen molar-refractivity contribution in [3.63, 3.8) is 0 Å². The van der Waals surface area contributed by atoms with Gasteiger partial charge >= 0.3 is 0 Å². The van der Waals surface area contributed by atoms with Gasteiger partial charge in [0.25, 0.3) is 0 Å². The van der Waals surface area contributed by atoms with Crippen LogP contribution < -0.4 is 10.6 Å². The van der Waals surface area contributed by atoms with Crippen LogP contribution in [0, 0.1) is 5.92 Å². The molecule has 0 unspecified atom stereocenters. The first-order valence-electron chi connectivity index (χ1n) is 8.99. The first-order valence-corrected chi connectivity index (χ1v) is 9.39. The van der Waals surface area contributed by atoms with E-state index in [0.717, 1.165) is 23.8 Å². The highest BCUT2D eigenvalue weighted by Crippen LogP contribution is 2.54. The Morgan fingerprint density at radius 3 is 2.12 bits per heavy atom. The molecule has 2 N–H and O–H groups in total. The van der Waals surface area contributed by atoms with Crippen molar-refractivity contribution < 1.29 is 0 Å². The summed E-state index contributed by atoms with van der Waals surface area (Å²) >= 11 is 5.42. The molecule has 3 heteroatoms. The molecule has 128 valence electrons. The molecule has 0 aromatic heterocycles.